The number of hydrogen-bond donors (Lipinski definition) is 1. The summed E-state index contributed by atoms with van der Waals surface area (Å²) < 4.78 is 11.6. The fourth-order valence-electron chi connectivity index (χ4n) is 2.57. The van der Waals surface area contributed by atoms with E-state index in [1.807, 2.05) is 19.1 Å². The van der Waals surface area contributed by atoms with E-state index >= 15 is 0 Å². The van der Waals surface area contributed by atoms with Gasteiger partial charge >= 0.3 is 5.97 Å². The third kappa shape index (κ3) is 3.32. The van der Waals surface area contributed by atoms with E-state index in [2.05, 4.69) is 0 Å². The maximum Gasteiger partial charge on any atom is 0.306 e. The number of carbonyl (C=O) groups is 2. The number of carboxylic acids is 1. The molecule has 1 N–H and O–H groups in total. The van der Waals surface area contributed by atoms with Crippen molar-refractivity contribution in [3.8, 4) is 11.5 Å². The first-order chi connectivity index (χ1) is 10.9. The fourth-order valence-corrected chi connectivity index (χ4v) is 3.67. The van der Waals surface area contributed by atoms with Crippen molar-refractivity contribution in [1.82, 2.24) is 0 Å². The molecule has 1 atom stereocenters. The lowest BCUT2D eigenvalue weighted by Gasteiger charge is -2.10. The Hall–Kier alpha value is -2.08. The largest absolute Gasteiger partial charge is 0.493 e. The third-order valence-corrected chi connectivity index (χ3v) is 5.09. The number of aliphatic carboxylic acids is 1. The summed E-state index contributed by atoms with van der Waals surface area (Å²) in [6.45, 7) is 3.69. The minimum atomic E-state index is -0.929. The predicted octanol–water partition coefficient (Wildman–Crippen LogP) is 3.91. The van der Waals surface area contributed by atoms with Gasteiger partial charge in [0.2, 0.25) is 0 Å². The maximum absolute atomic E-state index is 12.4. The Morgan fingerprint density at radius 3 is 2.48 bits per heavy atom. The van der Waals surface area contributed by atoms with Crippen LogP contribution in [0.2, 0.25) is 0 Å². The Balaban J connectivity index is 2.42. The third-order valence-electron chi connectivity index (χ3n) is 3.96. The summed E-state index contributed by atoms with van der Waals surface area (Å²) >= 11 is 1.35. The van der Waals surface area contributed by atoms with Crippen LogP contribution in [0.25, 0.3) is 10.1 Å². The number of fused-ring (bicyclic) bond motifs is 1. The van der Waals surface area contributed by atoms with Gasteiger partial charge in [0.05, 0.1) is 25.0 Å². The molecule has 6 heteroatoms. The van der Waals surface area contributed by atoms with Gasteiger partial charge in [-0.3, -0.25) is 9.59 Å². The molecule has 0 saturated heterocycles. The second kappa shape index (κ2) is 7.00. The molecule has 5 nitrogen and oxygen atoms in total. The average Bonchev–Trinajstić information content (AvgIpc) is 2.96. The van der Waals surface area contributed by atoms with Crippen LogP contribution in [0.4, 0.5) is 0 Å². The van der Waals surface area contributed by atoms with Gasteiger partial charge in [0.1, 0.15) is 0 Å². The van der Waals surface area contributed by atoms with E-state index in [0.29, 0.717) is 22.8 Å². The zero-order valence-corrected chi connectivity index (χ0v) is 14.5. The minimum absolute atomic E-state index is 0.0198. The van der Waals surface area contributed by atoms with Gasteiger partial charge in [0, 0.05) is 28.1 Å². The van der Waals surface area contributed by atoms with Crippen molar-refractivity contribution < 1.29 is 24.2 Å². The first-order valence-electron chi connectivity index (χ1n) is 7.34. The zero-order valence-electron chi connectivity index (χ0n) is 13.6. The number of aryl methyl sites for hydroxylation is 1. The van der Waals surface area contributed by atoms with E-state index < -0.39 is 11.9 Å². The van der Waals surface area contributed by atoms with Gasteiger partial charge < -0.3 is 14.6 Å². The van der Waals surface area contributed by atoms with E-state index in [4.69, 9.17) is 14.6 Å². The Kier molecular flexibility index (Phi) is 5.26. The average molecular weight is 336 g/mol. The molecule has 0 aliphatic rings. The van der Waals surface area contributed by atoms with E-state index in [-0.39, 0.29) is 12.2 Å². The molecule has 23 heavy (non-hydrogen) atoms. The van der Waals surface area contributed by atoms with E-state index in [9.17, 15) is 9.59 Å². The Morgan fingerprint density at radius 2 is 1.96 bits per heavy atom. The van der Waals surface area contributed by atoms with Crippen molar-refractivity contribution in [3.05, 3.63) is 22.6 Å². The smallest absolute Gasteiger partial charge is 0.306 e. The second-order valence-corrected chi connectivity index (χ2v) is 6.41. The molecule has 2 aromatic rings. The number of thiophene rings is 1. The van der Waals surface area contributed by atoms with Crippen molar-refractivity contribution >= 4 is 33.2 Å². The fraction of sp³-hybridized carbons (Fsp3) is 0.412. The van der Waals surface area contributed by atoms with Gasteiger partial charge in [0.25, 0.3) is 0 Å². The number of ketones is 1. The number of rotatable bonds is 7. The SMILES string of the molecule is CC[C@H](CC(=O)c1cc2c(C)c(OC)c(OC)cc2s1)C(=O)O. The number of hydrogen-bond acceptors (Lipinski definition) is 5. The predicted molar refractivity (Wildman–Crippen MR) is 90.0 cm³/mol. The first kappa shape index (κ1) is 17.3. The van der Waals surface area contributed by atoms with Crippen LogP contribution in [0.3, 0.4) is 0 Å². The van der Waals surface area contributed by atoms with Gasteiger partial charge in [-0.25, -0.2) is 0 Å². The molecule has 1 heterocycles. The zero-order chi connectivity index (χ0) is 17.1. The number of carboxylic acid groups (broad SMARTS) is 1. The summed E-state index contributed by atoms with van der Waals surface area (Å²) in [6, 6.07) is 3.66. The minimum Gasteiger partial charge on any atom is -0.493 e. The Labute approximate surface area is 138 Å². The maximum atomic E-state index is 12.4. The van der Waals surface area contributed by atoms with Crippen LogP contribution in [0.15, 0.2) is 12.1 Å². The molecule has 0 aliphatic heterocycles. The second-order valence-electron chi connectivity index (χ2n) is 5.33. The number of benzene rings is 1. The van der Waals surface area contributed by atoms with Crippen LogP contribution < -0.4 is 9.47 Å². The summed E-state index contributed by atoms with van der Waals surface area (Å²) in [5.74, 6) is -0.443. The molecule has 1 aromatic carbocycles. The quantitative estimate of drug-likeness (QED) is 0.776. The van der Waals surface area contributed by atoms with Crippen molar-refractivity contribution in [3.63, 3.8) is 0 Å². The van der Waals surface area contributed by atoms with Gasteiger partial charge in [-0.2, -0.15) is 0 Å². The molecule has 0 radical (unpaired) electrons. The molecule has 0 unspecified atom stereocenters. The first-order valence-corrected chi connectivity index (χ1v) is 8.15. The van der Waals surface area contributed by atoms with E-state index in [0.717, 1.165) is 15.6 Å². The molecule has 0 aliphatic carbocycles. The van der Waals surface area contributed by atoms with Crippen molar-refractivity contribution in [2.24, 2.45) is 5.92 Å². The number of methoxy groups -OCH3 is 2. The highest BCUT2D eigenvalue weighted by Crippen LogP contribution is 2.40. The van der Waals surface area contributed by atoms with Crippen molar-refractivity contribution in [2.75, 3.05) is 14.2 Å². The molecule has 1 aromatic heterocycles. The van der Waals surface area contributed by atoms with E-state index in [1.165, 1.54) is 11.3 Å². The number of carbonyl (C=O) groups excluding carboxylic acids is 1. The molecular weight excluding hydrogens is 316 g/mol. The summed E-state index contributed by atoms with van der Waals surface area (Å²) in [5.41, 5.74) is 0.905. The summed E-state index contributed by atoms with van der Waals surface area (Å²) in [6.07, 6.45) is 0.457. The lowest BCUT2D eigenvalue weighted by Crippen LogP contribution is -2.16. The van der Waals surface area contributed by atoms with Gasteiger partial charge in [-0.05, 0) is 19.4 Å². The van der Waals surface area contributed by atoms with Gasteiger partial charge in [0.15, 0.2) is 17.3 Å². The van der Waals surface area contributed by atoms with Crippen LogP contribution in [-0.4, -0.2) is 31.1 Å². The van der Waals surface area contributed by atoms with Crippen molar-refractivity contribution in [1.29, 1.82) is 0 Å². The molecule has 0 amide bonds. The summed E-state index contributed by atoms with van der Waals surface area (Å²) in [7, 11) is 3.15. The van der Waals surface area contributed by atoms with Crippen LogP contribution in [0, 0.1) is 12.8 Å². The lowest BCUT2D eigenvalue weighted by atomic mass is 9.99. The van der Waals surface area contributed by atoms with Gasteiger partial charge in [-0.15, -0.1) is 11.3 Å². The topological polar surface area (TPSA) is 72.8 Å². The lowest BCUT2D eigenvalue weighted by molar-refractivity contribution is -0.141. The van der Waals surface area contributed by atoms with Gasteiger partial charge in [-0.1, -0.05) is 6.92 Å². The normalized spacial score (nSPS) is 12.2. The van der Waals surface area contributed by atoms with Crippen LogP contribution >= 0.6 is 11.3 Å². The highest BCUT2D eigenvalue weighted by Gasteiger charge is 2.22. The van der Waals surface area contributed by atoms with Crippen LogP contribution in [0.1, 0.15) is 35.0 Å². The molecular formula is C17H20O5S. The molecule has 0 fully saturated rings. The van der Waals surface area contributed by atoms with Crippen molar-refractivity contribution in [2.45, 2.75) is 26.7 Å². The highest BCUT2D eigenvalue weighted by atomic mass is 32.1. The number of ether oxygens (including phenoxy) is 2. The van der Waals surface area contributed by atoms with Crippen LogP contribution in [0.5, 0.6) is 11.5 Å². The monoisotopic (exact) mass is 336 g/mol. The van der Waals surface area contributed by atoms with Crippen LogP contribution in [-0.2, 0) is 4.79 Å². The summed E-state index contributed by atoms with van der Waals surface area (Å²) in [5, 5.41) is 10.0. The molecule has 0 saturated carbocycles. The summed E-state index contributed by atoms with van der Waals surface area (Å²) in [4.78, 5) is 24.1. The standard InChI is InChI=1S/C17H20O5S/c1-5-10(17(19)20)6-12(18)15-7-11-9(2)16(22-4)13(21-3)8-14(11)23-15/h7-8,10H,5-6H2,1-4H3,(H,19,20)/t10-/m1/s1. The number of Topliss-reactive ketones (excluding diaryl/α,β-unsaturated/α-hetero) is 1. The highest BCUT2D eigenvalue weighted by molar-refractivity contribution is 7.20. The molecule has 0 bridgehead atoms. The molecule has 0 spiro atoms. The molecule has 124 valence electrons. The van der Waals surface area contributed by atoms with E-state index in [1.54, 1.807) is 21.1 Å². The molecule has 2 rings (SSSR count). The Morgan fingerprint density at radius 1 is 1.26 bits per heavy atom. The Bertz CT molecular complexity index is 747.